The average molecular weight is 159 g/mol. The van der Waals surface area contributed by atoms with Crippen molar-refractivity contribution in [1.29, 1.82) is 0 Å². The Morgan fingerprint density at radius 1 is 1.50 bits per heavy atom. The van der Waals surface area contributed by atoms with Crippen molar-refractivity contribution in [3.8, 4) is 0 Å². The molecule has 0 amide bonds. The molecule has 0 nitrogen and oxygen atoms in total. The van der Waals surface area contributed by atoms with E-state index in [9.17, 15) is 4.39 Å². The lowest BCUT2D eigenvalue weighted by Crippen LogP contribution is -1.85. The molecular weight excluding hydrogens is 151 g/mol. The molecule has 0 spiro atoms. The first-order valence-corrected chi connectivity index (χ1v) is 3.58. The van der Waals surface area contributed by atoms with E-state index in [1.165, 1.54) is 12.1 Å². The predicted octanol–water partition coefficient (Wildman–Crippen LogP) is 2.87. The second kappa shape index (κ2) is 3.02. The molecule has 1 rings (SSSR count). The third kappa shape index (κ3) is 1.48. The summed E-state index contributed by atoms with van der Waals surface area (Å²) < 4.78 is 12.5. The quantitative estimate of drug-likeness (QED) is 0.552. The zero-order valence-corrected chi connectivity index (χ0v) is 6.45. The number of benzene rings is 1. The van der Waals surface area contributed by atoms with Gasteiger partial charge >= 0.3 is 0 Å². The van der Waals surface area contributed by atoms with Crippen LogP contribution in [0.2, 0.25) is 0 Å². The zero-order chi connectivity index (χ0) is 7.56. The van der Waals surface area contributed by atoms with E-state index in [2.05, 4.69) is 0 Å². The number of alkyl halides is 1. The Hall–Kier alpha value is -0.560. The fourth-order valence-electron chi connectivity index (χ4n) is 0.784. The van der Waals surface area contributed by atoms with Crippen LogP contribution < -0.4 is 0 Å². The Kier molecular flexibility index (Phi) is 2.28. The van der Waals surface area contributed by atoms with E-state index in [0.29, 0.717) is 5.88 Å². The van der Waals surface area contributed by atoms with Crippen LogP contribution in [-0.4, -0.2) is 0 Å². The van der Waals surface area contributed by atoms with Crippen molar-refractivity contribution in [2.45, 2.75) is 12.8 Å². The largest absolute Gasteiger partial charge is 0.207 e. The molecule has 0 aliphatic rings. The summed E-state index contributed by atoms with van der Waals surface area (Å²) in [5, 5.41) is 0. The molecule has 0 fully saturated rings. The number of aryl methyl sites for hydroxylation is 1. The predicted molar refractivity (Wildman–Crippen MR) is 40.7 cm³/mol. The molecule has 0 aliphatic carbocycles. The first-order chi connectivity index (χ1) is 4.74. The molecule has 0 unspecified atom stereocenters. The first-order valence-electron chi connectivity index (χ1n) is 3.05. The molecule has 0 aromatic heterocycles. The smallest absolute Gasteiger partial charge is 0.123 e. The Balaban J connectivity index is 3.09. The standard InChI is InChI=1S/C8H8ClF/c1-6-2-3-8(10)4-7(6)5-9/h2-4H,5H2,1H3. The van der Waals surface area contributed by atoms with Crippen molar-refractivity contribution >= 4 is 11.6 Å². The molecule has 0 bridgehead atoms. The Morgan fingerprint density at radius 2 is 2.20 bits per heavy atom. The van der Waals surface area contributed by atoms with Gasteiger partial charge in [0.25, 0.3) is 0 Å². The van der Waals surface area contributed by atoms with Crippen molar-refractivity contribution in [2.24, 2.45) is 0 Å². The summed E-state index contributed by atoms with van der Waals surface area (Å²) in [5.41, 5.74) is 1.90. The van der Waals surface area contributed by atoms with Crippen LogP contribution in [0.25, 0.3) is 0 Å². The van der Waals surface area contributed by atoms with Crippen LogP contribution in [0.4, 0.5) is 4.39 Å². The molecular formula is C8H8ClF. The lowest BCUT2D eigenvalue weighted by molar-refractivity contribution is 0.626. The molecule has 0 saturated carbocycles. The molecule has 0 aliphatic heterocycles. The van der Waals surface area contributed by atoms with Gasteiger partial charge in [0.2, 0.25) is 0 Å². The van der Waals surface area contributed by atoms with Gasteiger partial charge in [-0.15, -0.1) is 11.6 Å². The van der Waals surface area contributed by atoms with Gasteiger partial charge in [-0.2, -0.15) is 0 Å². The zero-order valence-electron chi connectivity index (χ0n) is 5.70. The van der Waals surface area contributed by atoms with Gasteiger partial charge in [-0.05, 0) is 30.2 Å². The van der Waals surface area contributed by atoms with Crippen LogP contribution in [-0.2, 0) is 5.88 Å². The van der Waals surface area contributed by atoms with Gasteiger partial charge in [0, 0.05) is 5.88 Å². The van der Waals surface area contributed by atoms with E-state index < -0.39 is 0 Å². The van der Waals surface area contributed by atoms with Gasteiger partial charge in [-0.1, -0.05) is 6.07 Å². The van der Waals surface area contributed by atoms with Crippen LogP contribution in [0.3, 0.4) is 0 Å². The fraction of sp³-hybridized carbons (Fsp3) is 0.250. The third-order valence-electron chi connectivity index (χ3n) is 1.46. The number of halogens is 2. The summed E-state index contributed by atoms with van der Waals surface area (Å²) in [6.07, 6.45) is 0. The fourth-order valence-corrected chi connectivity index (χ4v) is 1.07. The molecule has 2 heteroatoms. The minimum Gasteiger partial charge on any atom is -0.207 e. The van der Waals surface area contributed by atoms with Crippen LogP contribution in [0.5, 0.6) is 0 Å². The van der Waals surface area contributed by atoms with Crippen LogP contribution >= 0.6 is 11.6 Å². The summed E-state index contributed by atoms with van der Waals surface area (Å²) in [5.74, 6) is 0.158. The van der Waals surface area contributed by atoms with Gasteiger partial charge in [0.15, 0.2) is 0 Å². The summed E-state index contributed by atoms with van der Waals surface area (Å²) in [4.78, 5) is 0. The minimum absolute atomic E-state index is 0.221. The van der Waals surface area contributed by atoms with E-state index in [4.69, 9.17) is 11.6 Å². The summed E-state index contributed by atoms with van der Waals surface area (Å²) in [6, 6.07) is 4.63. The highest BCUT2D eigenvalue weighted by Gasteiger charge is 1.96. The normalized spacial score (nSPS) is 9.90. The summed E-state index contributed by atoms with van der Waals surface area (Å²) in [7, 11) is 0. The van der Waals surface area contributed by atoms with Gasteiger partial charge in [0.1, 0.15) is 5.82 Å². The molecule has 1 aromatic rings. The van der Waals surface area contributed by atoms with Gasteiger partial charge in [-0.25, -0.2) is 4.39 Å². The number of hydrogen-bond donors (Lipinski definition) is 0. The van der Waals surface area contributed by atoms with E-state index in [-0.39, 0.29) is 5.82 Å². The third-order valence-corrected chi connectivity index (χ3v) is 1.74. The SMILES string of the molecule is Cc1ccc(F)cc1CCl. The van der Waals surface area contributed by atoms with E-state index in [0.717, 1.165) is 11.1 Å². The monoisotopic (exact) mass is 158 g/mol. The molecule has 0 atom stereocenters. The molecule has 10 heavy (non-hydrogen) atoms. The molecule has 54 valence electrons. The van der Waals surface area contributed by atoms with Crippen LogP contribution in [0.1, 0.15) is 11.1 Å². The van der Waals surface area contributed by atoms with Crippen molar-refractivity contribution < 1.29 is 4.39 Å². The van der Waals surface area contributed by atoms with Gasteiger partial charge in [-0.3, -0.25) is 0 Å². The maximum atomic E-state index is 12.5. The average Bonchev–Trinajstić information content (AvgIpc) is 1.94. The van der Waals surface area contributed by atoms with Crippen molar-refractivity contribution in [1.82, 2.24) is 0 Å². The Bertz CT molecular complexity index is 233. The van der Waals surface area contributed by atoms with Gasteiger partial charge < -0.3 is 0 Å². The van der Waals surface area contributed by atoms with Crippen molar-refractivity contribution in [3.63, 3.8) is 0 Å². The van der Waals surface area contributed by atoms with Crippen molar-refractivity contribution in [3.05, 3.63) is 35.1 Å². The number of rotatable bonds is 1. The highest BCUT2D eigenvalue weighted by Crippen LogP contribution is 2.11. The van der Waals surface area contributed by atoms with Crippen molar-refractivity contribution in [2.75, 3.05) is 0 Å². The van der Waals surface area contributed by atoms with E-state index >= 15 is 0 Å². The van der Waals surface area contributed by atoms with Gasteiger partial charge in [0.05, 0.1) is 0 Å². The number of hydrogen-bond acceptors (Lipinski definition) is 0. The van der Waals surface area contributed by atoms with E-state index in [1.807, 2.05) is 6.92 Å². The second-order valence-corrected chi connectivity index (χ2v) is 2.47. The lowest BCUT2D eigenvalue weighted by Gasteiger charge is -1.99. The van der Waals surface area contributed by atoms with Crippen LogP contribution in [0.15, 0.2) is 18.2 Å². The topological polar surface area (TPSA) is 0 Å². The minimum atomic E-state index is -0.221. The summed E-state index contributed by atoms with van der Waals surface area (Å²) in [6.45, 7) is 1.91. The summed E-state index contributed by atoms with van der Waals surface area (Å²) >= 11 is 5.54. The molecule has 0 N–H and O–H groups in total. The molecule has 0 heterocycles. The molecule has 0 saturated heterocycles. The highest BCUT2D eigenvalue weighted by atomic mass is 35.5. The molecule has 1 aromatic carbocycles. The second-order valence-electron chi connectivity index (χ2n) is 2.20. The lowest BCUT2D eigenvalue weighted by atomic mass is 10.1. The Morgan fingerprint density at radius 3 is 2.70 bits per heavy atom. The molecule has 0 radical (unpaired) electrons. The highest BCUT2D eigenvalue weighted by molar-refractivity contribution is 6.17. The van der Waals surface area contributed by atoms with Crippen LogP contribution in [0, 0.1) is 12.7 Å². The first kappa shape index (κ1) is 7.55. The maximum absolute atomic E-state index is 12.5. The van der Waals surface area contributed by atoms with E-state index in [1.54, 1.807) is 6.07 Å². The Labute approximate surface area is 64.6 Å². The maximum Gasteiger partial charge on any atom is 0.123 e.